The van der Waals surface area contributed by atoms with E-state index in [1.807, 2.05) is 48.5 Å². The van der Waals surface area contributed by atoms with Crippen LogP contribution in [0, 0.1) is 0 Å². The minimum Gasteiger partial charge on any atom is -0.287 e. The monoisotopic (exact) mass is 319 g/mol. The highest BCUT2D eigenvalue weighted by molar-refractivity contribution is 6.51. The third kappa shape index (κ3) is 3.74. The van der Waals surface area contributed by atoms with Crippen LogP contribution in [0.15, 0.2) is 89.9 Å². The van der Waals surface area contributed by atoms with Crippen LogP contribution in [0.25, 0.3) is 0 Å². The second kappa shape index (κ2) is 7.03. The smallest absolute Gasteiger partial charge is 0.211 e. The number of Topliss-reactive ketones (excluding diaryl/α,β-unsaturated/α-hetero) is 1. The summed E-state index contributed by atoms with van der Waals surface area (Å²) in [4.78, 5) is 17.4. The van der Waals surface area contributed by atoms with Crippen molar-refractivity contribution >= 4 is 28.8 Å². The fourth-order valence-electron chi connectivity index (χ4n) is 2.21. The van der Waals surface area contributed by atoms with E-state index in [9.17, 15) is 4.79 Å². The van der Waals surface area contributed by atoms with Crippen LogP contribution in [0.4, 0.5) is 5.69 Å². The number of benzene rings is 3. The first-order chi connectivity index (χ1) is 11.2. The molecule has 0 unspecified atom stereocenters. The van der Waals surface area contributed by atoms with Crippen molar-refractivity contribution in [1.82, 2.24) is 0 Å². The topological polar surface area (TPSA) is 29.4 Å². The fourth-order valence-corrected chi connectivity index (χ4v) is 2.34. The zero-order valence-electron chi connectivity index (χ0n) is 12.3. The van der Waals surface area contributed by atoms with Crippen molar-refractivity contribution in [2.75, 3.05) is 0 Å². The average Bonchev–Trinajstić information content (AvgIpc) is 2.62. The standard InChI is InChI=1S/C20H14ClNO/c21-17-11-13-18(14-12-17)22-19(15-7-3-1-4-8-15)20(23)16-9-5-2-6-10-16/h1-14H. The van der Waals surface area contributed by atoms with Gasteiger partial charge in [0.25, 0.3) is 0 Å². The van der Waals surface area contributed by atoms with E-state index in [1.165, 1.54) is 0 Å². The Hall–Kier alpha value is -2.71. The fraction of sp³-hybridized carbons (Fsp3) is 0. The summed E-state index contributed by atoms with van der Waals surface area (Å²) in [6.45, 7) is 0. The second-order valence-corrected chi connectivity index (χ2v) is 5.43. The molecule has 0 bridgehead atoms. The molecule has 0 saturated heterocycles. The second-order valence-electron chi connectivity index (χ2n) is 5.00. The first kappa shape index (κ1) is 15.2. The van der Waals surface area contributed by atoms with E-state index in [1.54, 1.807) is 36.4 Å². The third-order valence-electron chi connectivity index (χ3n) is 3.37. The molecule has 0 aromatic heterocycles. The summed E-state index contributed by atoms with van der Waals surface area (Å²) in [5, 5.41) is 0.639. The van der Waals surface area contributed by atoms with E-state index in [4.69, 9.17) is 11.6 Å². The molecule has 0 amide bonds. The summed E-state index contributed by atoms with van der Waals surface area (Å²) < 4.78 is 0. The number of carbonyl (C=O) groups excluding carboxylic acids is 1. The Bertz CT molecular complexity index is 825. The van der Waals surface area contributed by atoms with Crippen LogP contribution in [0.1, 0.15) is 15.9 Å². The quantitative estimate of drug-likeness (QED) is 0.471. The number of ketones is 1. The molecule has 0 N–H and O–H groups in total. The molecule has 3 heteroatoms. The number of nitrogens with zero attached hydrogens (tertiary/aromatic N) is 1. The molecule has 0 aliphatic carbocycles. The summed E-state index contributed by atoms with van der Waals surface area (Å²) in [6, 6.07) is 25.7. The number of carbonyl (C=O) groups is 1. The van der Waals surface area contributed by atoms with Crippen LogP contribution in [0.3, 0.4) is 0 Å². The molecule has 3 aromatic rings. The molecule has 0 fully saturated rings. The van der Waals surface area contributed by atoms with Crippen LogP contribution in [0.5, 0.6) is 0 Å². The van der Waals surface area contributed by atoms with E-state index < -0.39 is 0 Å². The molecule has 112 valence electrons. The summed E-state index contributed by atoms with van der Waals surface area (Å²) in [5.41, 5.74) is 2.51. The number of hydrogen-bond donors (Lipinski definition) is 0. The largest absolute Gasteiger partial charge is 0.287 e. The van der Waals surface area contributed by atoms with Crippen LogP contribution in [-0.2, 0) is 0 Å². The van der Waals surface area contributed by atoms with Gasteiger partial charge in [0.05, 0.1) is 5.69 Å². The molecule has 0 atom stereocenters. The van der Waals surface area contributed by atoms with Gasteiger partial charge in [-0.2, -0.15) is 0 Å². The Balaban J connectivity index is 2.07. The van der Waals surface area contributed by atoms with E-state index in [-0.39, 0.29) is 5.78 Å². The average molecular weight is 320 g/mol. The lowest BCUT2D eigenvalue weighted by molar-refractivity contribution is 0.106. The van der Waals surface area contributed by atoms with Gasteiger partial charge >= 0.3 is 0 Å². The Morgan fingerprint density at radius 2 is 1.22 bits per heavy atom. The zero-order chi connectivity index (χ0) is 16.1. The molecule has 23 heavy (non-hydrogen) atoms. The van der Waals surface area contributed by atoms with Gasteiger partial charge in [-0.15, -0.1) is 0 Å². The maximum Gasteiger partial charge on any atom is 0.211 e. The maximum absolute atomic E-state index is 12.9. The Morgan fingerprint density at radius 1 is 0.696 bits per heavy atom. The normalized spacial score (nSPS) is 11.3. The highest BCUT2D eigenvalue weighted by atomic mass is 35.5. The summed E-state index contributed by atoms with van der Waals surface area (Å²) in [7, 11) is 0. The highest BCUT2D eigenvalue weighted by Crippen LogP contribution is 2.19. The van der Waals surface area contributed by atoms with Crippen molar-refractivity contribution in [1.29, 1.82) is 0 Å². The number of halogens is 1. The summed E-state index contributed by atoms with van der Waals surface area (Å²) >= 11 is 5.91. The third-order valence-corrected chi connectivity index (χ3v) is 3.62. The minimum atomic E-state index is -0.105. The summed E-state index contributed by atoms with van der Waals surface area (Å²) in [6.07, 6.45) is 0. The predicted molar refractivity (Wildman–Crippen MR) is 94.9 cm³/mol. The van der Waals surface area contributed by atoms with Crippen LogP contribution in [-0.4, -0.2) is 11.5 Å². The van der Waals surface area contributed by atoms with Crippen molar-refractivity contribution < 1.29 is 4.79 Å². The van der Waals surface area contributed by atoms with Gasteiger partial charge in [-0.3, -0.25) is 4.79 Å². The molecule has 0 heterocycles. The first-order valence-corrected chi connectivity index (χ1v) is 7.61. The van der Waals surface area contributed by atoms with Gasteiger partial charge in [-0.05, 0) is 24.3 Å². The van der Waals surface area contributed by atoms with E-state index in [2.05, 4.69) is 4.99 Å². The molecule has 3 rings (SSSR count). The molecule has 0 aliphatic heterocycles. The van der Waals surface area contributed by atoms with Crippen molar-refractivity contribution in [2.45, 2.75) is 0 Å². The molecular weight excluding hydrogens is 306 g/mol. The number of aliphatic imine (C=N–C) groups is 1. The van der Waals surface area contributed by atoms with Crippen LogP contribution >= 0.6 is 11.6 Å². The number of rotatable bonds is 4. The minimum absolute atomic E-state index is 0.105. The van der Waals surface area contributed by atoms with Gasteiger partial charge in [0.15, 0.2) is 0 Å². The zero-order valence-corrected chi connectivity index (χ0v) is 13.1. The molecule has 0 saturated carbocycles. The molecule has 3 aromatic carbocycles. The van der Waals surface area contributed by atoms with Gasteiger partial charge in [0.2, 0.25) is 5.78 Å². The molecule has 2 nitrogen and oxygen atoms in total. The van der Waals surface area contributed by atoms with Crippen LogP contribution in [0.2, 0.25) is 5.02 Å². The van der Waals surface area contributed by atoms with E-state index >= 15 is 0 Å². The Morgan fingerprint density at radius 3 is 1.78 bits per heavy atom. The highest BCUT2D eigenvalue weighted by Gasteiger charge is 2.16. The van der Waals surface area contributed by atoms with Gasteiger partial charge in [0.1, 0.15) is 5.71 Å². The van der Waals surface area contributed by atoms with E-state index in [0.717, 1.165) is 5.56 Å². The molecule has 0 radical (unpaired) electrons. The lowest BCUT2D eigenvalue weighted by Crippen LogP contribution is -2.15. The predicted octanol–water partition coefficient (Wildman–Crippen LogP) is 5.34. The van der Waals surface area contributed by atoms with Gasteiger partial charge in [-0.1, -0.05) is 72.3 Å². The molecular formula is C20H14ClNO. The van der Waals surface area contributed by atoms with Crippen molar-refractivity contribution in [3.05, 3.63) is 101 Å². The first-order valence-electron chi connectivity index (χ1n) is 7.23. The lowest BCUT2D eigenvalue weighted by Gasteiger charge is -2.07. The van der Waals surface area contributed by atoms with Gasteiger partial charge in [-0.25, -0.2) is 4.99 Å². The molecule has 0 spiro atoms. The van der Waals surface area contributed by atoms with E-state index in [0.29, 0.717) is 22.0 Å². The van der Waals surface area contributed by atoms with Crippen molar-refractivity contribution in [3.8, 4) is 0 Å². The van der Waals surface area contributed by atoms with Crippen molar-refractivity contribution in [3.63, 3.8) is 0 Å². The maximum atomic E-state index is 12.9. The Labute approximate surface area is 140 Å². The van der Waals surface area contributed by atoms with Crippen LogP contribution < -0.4 is 0 Å². The summed E-state index contributed by atoms with van der Waals surface area (Å²) in [5.74, 6) is -0.105. The Kier molecular flexibility index (Phi) is 4.65. The molecule has 0 aliphatic rings. The lowest BCUT2D eigenvalue weighted by atomic mass is 10.0. The van der Waals surface area contributed by atoms with Gasteiger partial charge in [0, 0.05) is 16.1 Å². The SMILES string of the molecule is O=C(C(=Nc1ccc(Cl)cc1)c1ccccc1)c1ccccc1. The van der Waals surface area contributed by atoms with Crippen molar-refractivity contribution in [2.24, 2.45) is 4.99 Å². The van der Waals surface area contributed by atoms with Gasteiger partial charge < -0.3 is 0 Å². The number of hydrogen-bond acceptors (Lipinski definition) is 2.